The Labute approximate surface area is 106 Å². The van der Waals surface area contributed by atoms with Gasteiger partial charge >= 0.3 is 0 Å². The number of hydrogen-bond donors (Lipinski definition) is 2. The fourth-order valence-corrected chi connectivity index (χ4v) is 2.48. The second-order valence-electron chi connectivity index (χ2n) is 4.72. The smallest absolute Gasteiger partial charge is 0.269 e. The Morgan fingerprint density at radius 3 is 3.00 bits per heavy atom. The Bertz CT molecular complexity index is 599. The average Bonchev–Trinajstić information content (AvgIpc) is 2.91. The zero-order chi connectivity index (χ0) is 12.4. The van der Waals surface area contributed by atoms with Crippen LogP contribution in [-0.2, 0) is 0 Å². The molecule has 1 fully saturated rings. The van der Waals surface area contributed by atoms with Crippen molar-refractivity contribution < 1.29 is 0 Å². The molecule has 2 N–H and O–H groups in total. The van der Waals surface area contributed by atoms with Crippen molar-refractivity contribution in [3.05, 3.63) is 46.8 Å². The van der Waals surface area contributed by atoms with Crippen molar-refractivity contribution >= 4 is 10.9 Å². The summed E-state index contributed by atoms with van der Waals surface area (Å²) in [4.78, 5) is 11.9. The number of pyridine rings is 1. The van der Waals surface area contributed by atoms with Crippen LogP contribution in [0.3, 0.4) is 0 Å². The highest BCUT2D eigenvalue weighted by Gasteiger charge is 2.13. The van der Waals surface area contributed by atoms with E-state index in [0.717, 1.165) is 24.0 Å². The van der Waals surface area contributed by atoms with Crippen LogP contribution in [0.1, 0.15) is 12.8 Å². The molecule has 0 spiro atoms. The van der Waals surface area contributed by atoms with Gasteiger partial charge in [0.05, 0.1) is 5.52 Å². The third-order valence-electron chi connectivity index (χ3n) is 3.46. The van der Waals surface area contributed by atoms with Crippen molar-refractivity contribution in [1.29, 1.82) is 0 Å². The van der Waals surface area contributed by atoms with Gasteiger partial charge in [0.25, 0.3) is 5.56 Å². The first-order valence-corrected chi connectivity index (χ1v) is 6.43. The van der Waals surface area contributed by atoms with Crippen molar-refractivity contribution in [3.63, 3.8) is 0 Å². The van der Waals surface area contributed by atoms with Gasteiger partial charge < -0.3 is 10.7 Å². The Morgan fingerprint density at radius 1 is 1.28 bits per heavy atom. The summed E-state index contributed by atoms with van der Waals surface area (Å²) in [5.74, 6) is 0. The maximum Gasteiger partial charge on any atom is 0.269 e. The van der Waals surface area contributed by atoms with E-state index in [-0.39, 0.29) is 5.56 Å². The van der Waals surface area contributed by atoms with Gasteiger partial charge in [0.2, 0.25) is 0 Å². The number of rotatable bonds is 3. The summed E-state index contributed by atoms with van der Waals surface area (Å²) in [7, 11) is 0. The van der Waals surface area contributed by atoms with Gasteiger partial charge in [-0.25, -0.2) is 4.68 Å². The van der Waals surface area contributed by atoms with E-state index in [0.29, 0.717) is 6.04 Å². The molecule has 1 aliphatic heterocycles. The molecule has 1 saturated heterocycles. The molecular formula is C14H17N3O. The first-order chi connectivity index (χ1) is 8.84. The van der Waals surface area contributed by atoms with E-state index in [1.165, 1.54) is 12.8 Å². The third-order valence-corrected chi connectivity index (χ3v) is 3.46. The first-order valence-electron chi connectivity index (χ1n) is 6.43. The number of para-hydroxylation sites is 1. The van der Waals surface area contributed by atoms with Crippen LogP contribution >= 0.6 is 0 Å². The number of benzene rings is 1. The van der Waals surface area contributed by atoms with Crippen molar-refractivity contribution in [2.75, 3.05) is 18.5 Å². The van der Waals surface area contributed by atoms with Crippen LogP contribution in [0.2, 0.25) is 0 Å². The molecule has 1 aliphatic rings. The highest BCUT2D eigenvalue weighted by molar-refractivity contribution is 5.78. The summed E-state index contributed by atoms with van der Waals surface area (Å²) in [6, 6.07) is 11.9. The molecule has 2 aromatic rings. The predicted molar refractivity (Wildman–Crippen MR) is 73.5 cm³/mol. The van der Waals surface area contributed by atoms with Crippen LogP contribution in [-0.4, -0.2) is 23.8 Å². The largest absolute Gasteiger partial charge is 0.321 e. The molecule has 94 valence electrons. The average molecular weight is 243 g/mol. The number of nitrogens with zero attached hydrogens (tertiary/aromatic N) is 1. The molecule has 1 atom stereocenters. The molecule has 0 unspecified atom stereocenters. The first kappa shape index (κ1) is 11.3. The van der Waals surface area contributed by atoms with Gasteiger partial charge in [-0.2, -0.15) is 0 Å². The summed E-state index contributed by atoms with van der Waals surface area (Å²) in [5, 5.41) is 4.49. The SMILES string of the molecule is O=c1ccc2ccccc2n1NC[C@H]1CCCN1. The molecule has 0 radical (unpaired) electrons. The van der Waals surface area contributed by atoms with Crippen LogP contribution in [0, 0.1) is 0 Å². The van der Waals surface area contributed by atoms with E-state index in [1.807, 2.05) is 30.3 Å². The molecule has 4 nitrogen and oxygen atoms in total. The topological polar surface area (TPSA) is 46.1 Å². The highest BCUT2D eigenvalue weighted by atomic mass is 16.1. The van der Waals surface area contributed by atoms with Gasteiger partial charge in [-0.3, -0.25) is 4.79 Å². The number of hydrogen-bond acceptors (Lipinski definition) is 3. The minimum absolute atomic E-state index is 0.00769. The van der Waals surface area contributed by atoms with Crippen LogP contribution in [0.25, 0.3) is 10.9 Å². The van der Waals surface area contributed by atoms with Crippen molar-refractivity contribution in [2.45, 2.75) is 18.9 Å². The lowest BCUT2D eigenvalue weighted by molar-refractivity contribution is 0.604. The van der Waals surface area contributed by atoms with Crippen molar-refractivity contribution in [1.82, 2.24) is 9.99 Å². The summed E-state index contributed by atoms with van der Waals surface area (Å²) < 4.78 is 1.65. The van der Waals surface area contributed by atoms with Crippen molar-refractivity contribution in [3.8, 4) is 0 Å². The lowest BCUT2D eigenvalue weighted by Crippen LogP contribution is -2.37. The second-order valence-corrected chi connectivity index (χ2v) is 4.72. The molecule has 4 heteroatoms. The molecule has 3 rings (SSSR count). The molecular weight excluding hydrogens is 226 g/mol. The highest BCUT2D eigenvalue weighted by Crippen LogP contribution is 2.10. The van der Waals surface area contributed by atoms with E-state index >= 15 is 0 Å². The predicted octanol–water partition coefficient (Wildman–Crippen LogP) is 1.30. The van der Waals surface area contributed by atoms with Gasteiger partial charge in [-0.15, -0.1) is 0 Å². The monoisotopic (exact) mass is 243 g/mol. The van der Waals surface area contributed by atoms with Gasteiger partial charge in [-0.1, -0.05) is 18.2 Å². The van der Waals surface area contributed by atoms with Gasteiger partial charge in [0.1, 0.15) is 0 Å². The number of fused-ring (bicyclic) bond motifs is 1. The van der Waals surface area contributed by atoms with Crippen molar-refractivity contribution in [2.24, 2.45) is 0 Å². The number of nitrogens with one attached hydrogen (secondary N) is 2. The fourth-order valence-electron chi connectivity index (χ4n) is 2.48. The normalized spacial score (nSPS) is 19.2. The van der Waals surface area contributed by atoms with E-state index in [4.69, 9.17) is 0 Å². The zero-order valence-electron chi connectivity index (χ0n) is 10.2. The second kappa shape index (κ2) is 4.82. The minimum atomic E-state index is -0.00769. The maximum atomic E-state index is 11.9. The lowest BCUT2D eigenvalue weighted by atomic mass is 10.2. The zero-order valence-corrected chi connectivity index (χ0v) is 10.2. The molecule has 0 bridgehead atoms. The molecule has 0 saturated carbocycles. The van der Waals surface area contributed by atoms with Gasteiger partial charge in [-0.05, 0) is 31.5 Å². The number of aromatic nitrogens is 1. The van der Waals surface area contributed by atoms with E-state index in [2.05, 4.69) is 10.7 Å². The molecule has 0 amide bonds. The van der Waals surface area contributed by atoms with Gasteiger partial charge in [0.15, 0.2) is 0 Å². The standard InChI is InChI=1S/C14H17N3O/c18-14-8-7-11-4-1-2-6-13(11)17(14)16-10-12-5-3-9-15-12/h1-2,4,6-8,12,15-16H,3,5,9-10H2/t12-/m1/s1. The Morgan fingerprint density at radius 2 is 2.17 bits per heavy atom. The third kappa shape index (κ3) is 2.11. The summed E-state index contributed by atoms with van der Waals surface area (Å²) in [6.45, 7) is 1.87. The van der Waals surface area contributed by atoms with Gasteiger partial charge in [0, 0.05) is 24.0 Å². The Hall–Kier alpha value is -1.81. The van der Waals surface area contributed by atoms with E-state index in [9.17, 15) is 4.79 Å². The van der Waals surface area contributed by atoms with E-state index in [1.54, 1.807) is 10.7 Å². The lowest BCUT2D eigenvalue weighted by Gasteiger charge is -2.16. The Kier molecular flexibility index (Phi) is 3.02. The van der Waals surface area contributed by atoms with Crippen LogP contribution in [0.15, 0.2) is 41.2 Å². The Balaban J connectivity index is 1.89. The molecule has 1 aromatic heterocycles. The minimum Gasteiger partial charge on any atom is -0.321 e. The molecule has 0 aliphatic carbocycles. The molecule has 18 heavy (non-hydrogen) atoms. The van der Waals surface area contributed by atoms with Crippen LogP contribution in [0.4, 0.5) is 0 Å². The quantitative estimate of drug-likeness (QED) is 0.854. The summed E-state index contributed by atoms with van der Waals surface area (Å²) in [6.07, 6.45) is 2.39. The maximum absolute atomic E-state index is 11.9. The molecule has 1 aromatic carbocycles. The summed E-state index contributed by atoms with van der Waals surface area (Å²) >= 11 is 0. The fraction of sp³-hybridized carbons (Fsp3) is 0.357. The summed E-state index contributed by atoms with van der Waals surface area (Å²) in [5.41, 5.74) is 4.17. The van der Waals surface area contributed by atoms with E-state index < -0.39 is 0 Å². The van der Waals surface area contributed by atoms with Crippen LogP contribution < -0.4 is 16.3 Å². The molecule has 2 heterocycles. The van der Waals surface area contributed by atoms with Crippen LogP contribution in [0.5, 0.6) is 0 Å².